The average molecular weight is 285 g/mol. The standard InChI is InChI=1S/C6H12F3NO.C2HF3O2/c1-3(2)4(10)5(11)6(7,8)9;3-2(4,5)1(6)7/h3-5,11H,10H2,1-2H3;(H,6,7)/t4?,5-;/m0./s1. The summed E-state index contributed by atoms with van der Waals surface area (Å²) in [4.78, 5) is 8.90. The Morgan fingerprint density at radius 3 is 1.44 bits per heavy atom. The van der Waals surface area contributed by atoms with Gasteiger partial charge in [0.05, 0.1) is 0 Å². The summed E-state index contributed by atoms with van der Waals surface area (Å²) in [6, 6.07) is -1.24. The van der Waals surface area contributed by atoms with Gasteiger partial charge in [-0.3, -0.25) is 0 Å². The van der Waals surface area contributed by atoms with Crippen molar-refractivity contribution < 1.29 is 41.4 Å². The SMILES string of the molecule is CC(C)C(N)[C@H](O)C(F)(F)F.O=C(O)C(F)(F)F. The van der Waals surface area contributed by atoms with Crippen LogP contribution in [0.5, 0.6) is 0 Å². The Kier molecular flexibility index (Phi) is 7.28. The molecule has 0 aliphatic carbocycles. The highest BCUT2D eigenvalue weighted by molar-refractivity contribution is 5.73. The maximum atomic E-state index is 11.7. The average Bonchev–Trinajstić information content (AvgIpc) is 2.13. The summed E-state index contributed by atoms with van der Waals surface area (Å²) in [5.74, 6) is -3.14. The predicted octanol–water partition coefficient (Wildman–Crippen LogP) is 1.53. The van der Waals surface area contributed by atoms with E-state index in [2.05, 4.69) is 0 Å². The zero-order valence-corrected chi connectivity index (χ0v) is 9.38. The fraction of sp³-hybridized carbons (Fsp3) is 0.875. The van der Waals surface area contributed by atoms with Crippen molar-refractivity contribution in [3.8, 4) is 0 Å². The second-order valence-electron chi connectivity index (χ2n) is 3.61. The molecule has 0 bridgehead atoms. The number of hydrogen-bond donors (Lipinski definition) is 3. The Hall–Kier alpha value is -1.03. The third-order valence-corrected chi connectivity index (χ3v) is 1.71. The zero-order chi connectivity index (χ0) is 15.3. The molecule has 0 aromatic heterocycles. The number of aliphatic carboxylic acids is 1. The molecule has 2 atom stereocenters. The topological polar surface area (TPSA) is 83.5 Å². The molecule has 4 nitrogen and oxygen atoms in total. The molecule has 0 aromatic carbocycles. The normalized spacial score (nSPS) is 15.7. The van der Waals surface area contributed by atoms with Crippen LogP contribution in [0.15, 0.2) is 0 Å². The minimum Gasteiger partial charge on any atom is -0.475 e. The molecule has 0 saturated carbocycles. The molecule has 1 unspecified atom stereocenters. The van der Waals surface area contributed by atoms with Gasteiger partial charge in [-0.2, -0.15) is 26.3 Å². The smallest absolute Gasteiger partial charge is 0.475 e. The van der Waals surface area contributed by atoms with Gasteiger partial charge in [0.25, 0.3) is 0 Å². The van der Waals surface area contributed by atoms with Crippen LogP contribution in [0.1, 0.15) is 13.8 Å². The van der Waals surface area contributed by atoms with Crippen molar-refractivity contribution in [2.75, 3.05) is 0 Å². The maximum Gasteiger partial charge on any atom is 0.490 e. The van der Waals surface area contributed by atoms with E-state index in [1.807, 2.05) is 0 Å². The van der Waals surface area contributed by atoms with Crippen molar-refractivity contribution in [2.45, 2.75) is 38.3 Å². The highest BCUT2D eigenvalue weighted by Gasteiger charge is 2.42. The van der Waals surface area contributed by atoms with Gasteiger partial charge in [0.1, 0.15) is 0 Å². The van der Waals surface area contributed by atoms with Crippen molar-refractivity contribution in [1.82, 2.24) is 0 Å². The van der Waals surface area contributed by atoms with Gasteiger partial charge in [0, 0.05) is 6.04 Å². The Morgan fingerprint density at radius 1 is 1.11 bits per heavy atom. The maximum absolute atomic E-state index is 11.7. The number of alkyl halides is 6. The Balaban J connectivity index is 0. The van der Waals surface area contributed by atoms with Crippen LogP contribution in [0.25, 0.3) is 0 Å². The van der Waals surface area contributed by atoms with Gasteiger partial charge >= 0.3 is 18.3 Å². The van der Waals surface area contributed by atoms with E-state index in [1.165, 1.54) is 13.8 Å². The first-order chi connectivity index (χ1) is 7.71. The van der Waals surface area contributed by atoms with Gasteiger partial charge in [-0.1, -0.05) is 13.8 Å². The highest BCUT2D eigenvalue weighted by Crippen LogP contribution is 2.23. The number of aliphatic hydroxyl groups excluding tert-OH is 1. The van der Waals surface area contributed by atoms with Crippen LogP contribution in [-0.2, 0) is 4.79 Å². The van der Waals surface area contributed by atoms with Crippen molar-refractivity contribution in [3.05, 3.63) is 0 Å². The molecule has 0 heterocycles. The Labute approximate surface area is 98.4 Å². The van der Waals surface area contributed by atoms with E-state index in [9.17, 15) is 26.3 Å². The van der Waals surface area contributed by atoms with E-state index in [4.69, 9.17) is 20.7 Å². The summed E-state index contributed by atoms with van der Waals surface area (Å²) in [5, 5.41) is 15.7. The molecule has 0 aliphatic rings. The molecule has 4 N–H and O–H groups in total. The van der Waals surface area contributed by atoms with Crippen LogP contribution in [0.3, 0.4) is 0 Å². The summed E-state index contributed by atoms with van der Waals surface area (Å²) in [7, 11) is 0. The first kappa shape index (κ1) is 19.3. The van der Waals surface area contributed by atoms with E-state index in [0.29, 0.717) is 0 Å². The molecule has 0 spiro atoms. The van der Waals surface area contributed by atoms with Crippen molar-refractivity contribution in [3.63, 3.8) is 0 Å². The fourth-order valence-electron chi connectivity index (χ4n) is 0.583. The van der Waals surface area contributed by atoms with E-state index in [-0.39, 0.29) is 5.92 Å². The number of halogens is 6. The Morgan fingerprint density at radius 2 is 1.39 bits per heavy atom. The summed E-state index contributed by atoms with van der Waals surface area (Å²) in [6.07, 6.45) is -12.1. The van der Waals surface area contributed by atoms with Crippen molar-refractivity contribution in [1.29, 1.82) is 0 Å². The van der Waals surface area contributed by atoms with Crippen LogP contribution in [0.4, 0.5) is 26.3 Å². The largest absolute Gasteiger partial charge is 0.490 e. The number of hydrogen-bond acceptors (Lipinski definition) is 3. The minimum absolute atomic E-state index is 0.383. The van der Waals surface area contributed by atoms with E-state index in [0.717, 1.165) is 0 Å². The molecule has 0 amide bonds. The quantitative estimate of drug-likeness (QED) is 0.672. The summed E-state index contributed by atoms with van der Waals surface area (Å²) >= 11 is 0. The van der Waals surface area contributed by atoms with Crippen LogP contribution in [0.2, 0.25) is 0 Å². The van der Waals surface area contributed by atoms with Gasteiger partial charge in [-0.05, 0) is 5.92 Å². The lowest BCUT2D eigenvalue weighted by molar-refractivity contribution is -0.212. The van der Waals surface area contributed by atoms with Crippen molar-refractivity contribution in [2.24, 2.45) is 11.7 Å². The first-order valence-electron chi connectivity index (χ1n) is 4.51. The number of carboxylic acid groups (broad SMARTS) is 1. The minimum atomic E-state index is -5.08. The van der Waals surface area contributed by atoms with Crippen LogP contribution < -0.4 is 5.73 Å². The lowest BCUT2D eigenvalue weighted by Gasteiger charge is -2.23. The van der Waals surface area contributed by atoms with E-state index >= 15 is 0 Å². The van der Waals surface area contributed by atoms with E-state index in [1.54, 1.807) is 0 Å². The van der Waals surface area contributed by atoms with Gasteiger partial charge in [0.15, 0.2) is 6.10 Å². The number of carboxylic acids is 1. The highest BCUT2D eigenvalue weighted by atomic mass is 19.4. The molecule has 0 radical (unpaired) electrons. The lowest BCUT2D eigenvalue weighted by Crippen LogP contribution is -2.47. The lowest BCUT2D eigenvalue weighted by atomic mass is 9.99. The molecular weight excluding hydrogens is 272 g/mol. The zero-order valence-electron chi connectivity index (χ0n) is 9.38. The third kappa shape index (κ3) is 8.12. The molecule has 0 aliphatic heterocycles. The first-order valence-corrected chi connectivity index (χ1v) is 4.51. The molecule has 0 saturated heterocycles. The summed E-state index contributed by atoms with van der Waals surface area (Å²) in [5.41, 5.74) is 5.08. The van der Waals surface area contributed by atoms with Gasteiger partial charge < -0.3 is 15.9 Å². The van der Waals surface area contributed by atoms with E-state index < -0.39 is 30.5 Å². The van der Waals surface area contributed by atoms with Crippen LogP contribution in [-0.4, -0.2) is 40.7 Å². The fourth-order valence-corrected chi connectivity index (χ4v) is 0.583. The second kappa shape index (κ2) is 6.78. The monoisotopic (exact) mass is 285 g/mol. The van der Waals surface area contributed by atoms with Gasteiger partial charge in [-0.25, -0.2) is 4.79 Å². The second-order valence-corrected chi connectivity index (χ2v) is 3.61. The van der Waals surface area contributed by atoms with Crippen LogP contribution >= 0.6 is 0 Å². The molecule has 0 rings (SSSR count). The predicted molar refractivity (Wildman–Crippen MR) is 48.6 cm³/mol. The number of rotatable bonds is 2. The Bertz CT molecular complexity index is 263. The molecule has 0 fully saturated rings. The molecular formula is C8H13F6NO3. The number of carbonyl (C=O) groups is 1. The van der Waals surface area contributed by atoms with Crippen LogP contribution in [0, 0.1) is 5.92 Å². The van der Waals surface area contributed by atoms with Gasteiger partial charge in [-0.15, -0.1) is 0 Å². The number of aliphatic hydroxyl groups is 1. The summed E-state index contributed by atoms with van der Waals surface area (Å²) in [6.45, 7) is 3.05. The van der Waals surface area contributed by atoms with Gasteiger partial charge in [0.2, 0.25) is 0 Å². The molecule has 10 heteroatoms. The third-order valence-electron chi connectivity index (χ3n) is 1.71. The molecule has 0 aromatic rings. The summed E-state index contributed by atoms with van der Waals surface area (Å²) < 4.78 is 66.9. The molecule has 110 valence electrons. The molecule has 18 heavy (non-hydrogen) atoms. The van der Waals surface area contributed by atoms with Crippen molar-refractivity contribution >= 4 is 5.97 Å². The number of nitrogens with two attached hydrogens (primary N) is 1.